The predicted octanol–water partition coefficient (Wildman–Crippen LogP) is 3.65. The maximum atomic E-state index is 12.4. The summed E-state index contributed by atoms with van der Waals surface area (Å²) >= 11 is 6.05. The van der Waals surface area contributed by atoms with Gasteiger partial charge in [-0.3, -0.25) is 0 Å². The van der Waals surface area contributed by atoms with Crippen LogP contribution in [0.4, 0.5) is 0 Å². The van der Waals surface area contributed by atoms with Gasteiger partial charge in [-0.1, -0.05) is 35.9 Å². The number of para-hydroxylation sites is 1. The monoisotopic (exact) mass is 348 g/mol. The topological polar surface area (TPSA) is 62.0 Å². The number of aromatic nitrogens is 1. The van der Waals surface area contributed by atoms with Crippen LogP contribution in [0.1, 0.15) is 11.1 Å². The summed E-state index contributed by atoms with van der Waals surface area (Å²) in [5.41, 5.74) is 3.05. The number of aromatic amines is 1. The van der Waals surface area contributed by atoms with E-state index in [0.717, 1.165) is 22.0 Å². The molecule has 0 saturated carbocycles. The van der Waals surface area contributed by atoms with E-state index in [1.54, 1.807) is 12.1 Å². The van der Waals surface area contributed by atoms with Gasteiger partial charge in [-0.05, 0) is 42.7 Å². The predicted molar refractivity (Wildman–Crippen MR) is 93.4 cm³/mol. The Morgan fingerprint density at radius 3 is 2.74 bits per heavy atom. The van der Waals surface area contributed by atoms with Gasteiger partial charge in [0.25, 0.3) is 0 Å². The Labute approximate surface area is 140 Å². The molecule has 0 amide bonds. The molecule has 2 aromatic carbocycles. The van der Waals surface area contributed by atoms with E-state index in [-0.39, 0.29) is 9.92 Å². The minimum absolute atomic E-state index is 0.115. The van der Waals surface area contributed by atoms with Crippen LogP contribution in [-0.2, 0) is 16.4 Å². The first-order valence-corrected chi connectivity index (χ1v) is 9.14. The van der Waals surface area contributed by atoms with E-state index >= 15 is 0 Å². The molecule has 23 heavy (non-hydrogen) atoms. The Kier molecular flexibility index (Phi) is 4.43. The van der Waals surface area contributed by atoms with Crippen LogP contribution in [0.5, 0.6) is 0 Å². The molecule has 0 bridgehead atoms. The fraction of sp³-hybridized carbons (Fsp3) is 0.176. The quantitative estimate of drug-likeness (QED) is 0.739. The Morgan fingerprint density at radius 1 is 1.17 bits per heavy atom. The van der Waals surface area contributed by atoms with Crippen LogP contribution in [0.3, 0.4) is 0 Å². The minimum atomic E-state index is -3.61. The molecule has 1 aromatic heterocycles. The molecule has 0 unspecified atom stereocenters. The van der Waals surface area contributed by atoms with Crippen LogP contribution >= 0.6 is 11.6 Å². The first-order chi connectivity index (χ1) is 11.0. The summed E-state index contributed by atoms with van der Waals surface area (Å²) in [4.78, 5) is 3.30. The standard InChI is InChI=1S/C17H17ClN2O2S/c1-12-6-7-17(15(18)10-12)23(21,22)20-9-8-13-11-19-16-5-3-2-4-14(13)16/h2-7,10-11,19-20H,8-9H2,1H3. The third-order valence-electron chi connectivity index (χ3n) is 3.74. The lowest BCUT2D eigenvalue weighted by atomic mass is 10.1. The van der Waals surface area contributed by atoms with Gasteiger partial charge in [0.1, 0.15) is 4.90 Å². The molecule has 0 atom stereocenters. The highest BCUT2D eigenvalue weighted by molar-refractivity contribution is 7.89. The number of nitrogens with one attached hydrogen (secondary N) is 2. The molecule has 0 aliphatic rings. The number of fused-ring (bicyclic) bond motifs is 1. The van der Waals surface area contributed by atoms with E-state index in [2.05, 4.69) is 9.71 Å². The molecule has 6 heteroatoms. The largest absolute Gasteiger partial charge is 0.361 e. The zero-order valence-corrected chi connectivity index (χ0v) is 14.2. The highest BCUT2D eigenvalue weighted by Gasteiger charge is 2.17. The van der Waals surface area contributed by atoms with Crippen LogP contribution < -0.4 is 4.72 Å². The zero-order chi connectivity index (χ0) is 16.4. The SMILES string of the molecule is Cc1ccc(S(=O)(=O)NCCc2c[nH]c3ccccc23)c(Cl)c1. The molecule has 2 N–H and O–H groups in total. The lowest BCUT2D eigenvalue weighted by molar-refractivity contribution is 0.582. The second kappa shape index (κ2) is 6.35. The number of benzene rings is 2. The van der Waals surface area contributed by atoms with Crippen molar-refractivity contribution < 1.29 is 8.42 Å². The Hall–Kier alpha value is -1.82. The van der Waals surface area contributed by atoms with Crippen molar-refractivity contribution in [2.75, 3.05) is 6.54 Å². The van der Waals surface area contributed by atoms with E-state index in [4.69, 9.17) is 11.6 Å². The van der Waals surface area contributed by atoms with Gasteiger partial charge in [0.2, 0.25) is 10.0 Å². The Morgan fingerprint density at radius 2 is 1.96 bits per heavy atom. The highest BCUT2D eigenvalue weighted by Crippen LogP contribution is 2.22. The second-order valence-electron chi connectivity index (χ2n) is 5.44. The van der Waals surface area contributed by atoms with Gasteiger partial charge in [-0.15, -0.1) is 0 Å². The van der Waals surface area contributed by atoms with Crippen molar-refractivity contribution in [2.24, 2.45) is 0 Å². The number of hydrogen-bond acceptors (Lipinski definition) is 2. The van der Waals surface area contributed by atoms with Crippen LogP contribution in [0, 0.1) is 6.92 Å². The van der Waals surface area contributed by atoms with Crippen molar-refractivity contribution >= 4 is 32.5 Å². The van der Waals surface area contributed by atoms with Crippen molar-refractivity contribution in [3.05, 3.63) is 64.8 Å². The molecule has 0 aliphatic heterocycles. The Balaban J connectivity index is 1.72. The van der Waals surface area contributed by atoms with Crippen LogP contribution in [0.25, 0.3) is 10.9 Å². The van der Waals surface area contributed by atoms with Crippen molar-refractivity contribution in [1.29, 1.82) is 0 Å². The van der Waals surface area contributed by atoms with E-state index in [0.29, 0.717) is 13.0 Å². The van der Waals surface area contributed by atoms with E-state index < -0.39 is 10.0 Å². The fourth-order valence-corrected chi connectivity index (χ4v) is 4.19. The number of hydrogen-bond donors (Lipinski definition) is 2. The molecule has 0 saturated heterocycles. The normalized spacial score (nSPS) is 11.9. The highest BCUT2D eigenvalue weighted by atomic mass is 35.5. The molecular formula is C17H17ClN2O2S. The maximum absolute atomic E-state index is 12.4. The maximum Gasteiger partial charge on any atom is 0.242 e. The minimum Gasteiger partial charge on any atom is -0.361 e. The molecule has 3 aromatic rings. The van der Waals surface area contributed by atoms with Gasteiger partial charge in [-0.25, -0.2) is 13.1 Å². The average molecular weight is 349 g/mol. The molecule has 3 rings (SSSR count). The van der Waals surface area contributed by atoms with Crippen molar-refractivity contribution in [3.63, 3.8) is 0 Å². The van der Waals surface area contributed by atoms with Crippen molar-refractivity contribution in [1.82, 2.24) is 9.71 Å². The molecule has 4 nitrogen and oxygen atoms in total. The third-order valence-corrected chi connectivity index (χ3v) is 5.68. The molecule has 1 heterocycles. The van der Waals surface area contributed by atoms with Gasteiger partial charge in [0.05, 0.1) is 5.02 Å². The van der Waals surface area contributed by atoms with Gasteiger partial charge in [0.15, 0.2) is 0 Å². The fourth-order valence-electron chi connectivity index (χ4n) is 2.56. The average Bonchev–Trinajstić information content (AvgIpc) is 2.90. The summed E-state index contributed by atoms with van der Waals surface area (Å²) in [6.07, 6.45) is 2.52. The Bertz CT molecular complexity index is 948. The molecular weight excluding hydrogens is 332 g/mol. The van der Waals surface area contributed by atoms with Crippen LogP contribution in [0.15, 0.2) is 53.6 Å². The number of H-pyrrole nitrogens is 1. The van der Waals surface area contributed by atoms with Gasteiger partial charge >= 0.3 is 0 Å². The smallest absolute Gasteiger partial charge is 0.242 e. The van der Waals surface area contributed by atoms with E-state index in [1.807, 2.05) is 37.4 Å². The summed E-state index contributed by atoms with van der Waals surface area (Å²) in [6, 6.07) is 12.9. The number of sulfonamides is 1. The summed E-state index contributed by atoms with van der Waals surface area (Å²) < 4.78 is 27.3. The first-order valence-electron chi connectivity index (χ1n) is 7.28. The summed E-state index contributed by atoms with van der Waals surface area (Å²) in [7, 11) is -3.61. The molecule has 0 aliphatic carbocycles. The van der Waals surface area contributed by atoms with Crippen molar-refractivity contribution in [2.45, 2.75) is 18.2 Å². The molecule has 120 valence electrons. The van der Waals surface area contributed by atoms with Crippen LogP contribution in [-0.4, -0.2) is 19.9 Å². The second-order valence-corrected chi connectivity index (χ2v) is 7.58. The lowest BCUT2D eigenvalue weighted by Crippen LogP contribution is -2.26. The van der Waals surface area contributed by atoms with Gasteiger partial charge in [0, 0.05) is 23.6 Å². The first kappa shape index (κ1) is 16.1. The molecule has 0 radical (unpaired) electrons. The van der Waals surface area contributed by atoms with Crippen LogP contribution in [0.2, 0.25) is 5.02 Å². The zero-order valence-electron chi connectivity index (χ0n) is 12.6. The molecule has 0 spiro atoms. The van der Waals surface area contributed by atoms with E-state index in [1.165, 1.54) is 6.07 Å². The van der Waals surface area contributed by atoms with Gasteiger partial charge < -0.3 is 4.98 Å². The summed E-state index contributed by atoms with van der Waals surface area (Å²) in [5.74, 6) is 0. The van der Waals surface area contributed by atoms with E-state index in [9.17, 15) is 8.42 Å². The lowest BCUT2D eigenvalue weighted by Gasteiger charge is -2.08. The number of halogens is 1. The number of aryl methyl sites for hydroxylation is 1. The number of rotatable bonds is 5. The van der Waals surface area contributed by atoms with Crippen molar-refractivity contribution in [3.8, 4) is 0 Å². The third kappa shape index (κ3) is 3.42. The summed E-state index contributed by atoms with van der Waals surface area (Å²) in [5, 5.41) is 1.35. The molecule has 0 fully saturated rings. The summed E-state index contributed by atoms with van der Waals surface area (Å²) in [6.45, 7) is 2.18. The van der Waals surface area contributed by atoms with Gasteiger partial charge in [-0.2, -0.15) is 0 Å².